The van der Waals surface area contributed by atoms with E-state index in [1.165, 1.54) is 0 Å². The molecule has 3 aromatic heterocycles. The summed E-state index contributed by atoms with van der Waals surface area (Å²) in [4.78, 5) is 17.8. The van der Waals surface area contributed by atoms with Gasteiger partial charge in [-0.2, -0.15) is 5.10 Å². The maximum Gasteiger partial charge on any atom is 0.343 e. The van der Waals surface area contributed by atoms with Crippen molar-refractivity contribution in [3.63, 3.8) is 0 Å². The van der Waals surface area contributed by atoms with Gasteiger partial charge in [0.1, 0.15) is 11.1 Å². The molecule has 0 bridgehead atoms. The average Bonchev–Trinajstić information content (AvgIpc) is 3.73. The number of rotatable bonds is 9. The Balaban J connectivity index is 1.35. The summed E-state index contributed by atoms with van der Waals surface area (Å²) in [6.07, 6.45) is 5.34. The van der Waals surface area contributed by atoms with Crippen LogP contribution < -0.4 is 5.32 Å². The largest absolute Gasteiger partial charge is 0.462 e. The standard InChI is InChI=1S/C37H30N6O2/c1-2-45-36(44)32-26-43(31-21-19-27(20-22-31)33-25-34-38-23-12-24-42(34)40-33)41-35(32)39-37(28-13-6-3-7-14-28,29-15-8-4-9-16-29)30-17-10-5-11-18-30/h3-26H,2H2,1H3,(H,39,41). The van der Waals surface area contributed by atoms with Gasteiger partial charge in [-0.15, -0.1) is 5.10 Å². The van der Waals surface area contributed by atoms with Gasteiger partial charge in [0, 0.05) is 30.2 Å². The first-order chi connectivity index (χ1) is 22.2. The highest BCUT2D eigenvalue weighted by atomic mass is 16.5. The van der Waals surface area contributed by atoms with Crippen molar-refractivity contribution in [1.82, 2.24) is 24.4 Å². The molecule has 45 heavy (non-hydrogen) atoms. The van der Waals surface area contributed by atoms with Crippen LogP contribution >= 0.6 is 0 Å². The minimum Gasteiger partial charge on any atom is -0.462 e. The molecule has 8 heteroatoms. The SMILES string of the molecule is CCOC(=O)c1cn(-c2ccc(-c3cc4ncccn4n3)cc2)nc1NC(c1ccccc1)(c1ccccc1)c1ccccc1. The zero-order valence-corrected chi connectivity index (χ0v) is 24.6. The van der Waals surface area contributed by atoms with E-state index >= 15 is 0 Å². The molecule has 0 unspecified atom stereocenters. The van der Waals surface area contributed by atoms with Crippen molar-refractivity contribution in [2.45, 2.75) is 12.5 Å². The van der Waals surface area contributed by atoms with Gasteiger partial charge in [0.15, 0.2) is 11.5 Å². The van der Waals surface area contributed by atoms with E-state index in [4.69, 9.17) is 9.84 Å². The molecule has 0 amide bonds. The highest BCUT2D eigenvalue weighted by Gasteiger charge is 2.38. The van der Waals surface area contributed by atoms with Crippen LogP contribution in [0.5, 0.6) is 0 Å². The summed E-state index contributed by atoms with van der Waals surface area (Å²) >= 11 is 0. The molecule has 0 spiro atoms. The van der Waals surface area contributed by atoms with E-state index in [1.54, 1.807) is 28.5 Å². The monoisotopic (exact) mass is 590 g/mol. The molecule has 220 valence electrons. The first-order valence-electron chi connectivity index (χ1n) is 14.8. The van der Waals surface area contributed by atoms with E-state index in [0.717, 1.165) is 39.3 Å². The quantitative estimate of drug-likeness (QED) is 0.142. The Bertz CT molecular complexity index is 1920. The van der Waals surface area contributed by atoms with E-state index in [9.17, 15) is 4.79 Å². The van der Waals surface area contributed by atoms with Gasteiger partial charge in [-0.3, -0.25) is 0 Å². The Hall–Kier alpha value is -6.02. The number of hydrogen-bond acceptors (Lipinski definition) is 6. The maximum absolute atomic E-state index is 13.4. The molecule has 0 aliphatic carbocycles. The smallest absolute Gasteiger partial charge is 0.343 e. The van der Waals surface area contributed by atoms with Crippen molar-refractivity contribution < 1.29 is 9.53 Å². The Morgan fingerprint density at radius 1 is 0.778 bits per heavy atom. The second kappa shape index (κ2) is 11.9. The third-order valence-corrected chi connectivity index (χ3v) is 7.80. The van der Waals surface area contributed by atoms with Crippen LogP contribution in [0.4, 0.5) is 5.82 Å². The van der Waals surface area contributed by atoms with Crippen LogP contribution in [0, 0.1) is 0 Å². The number of ether oxygens (including phenoxy) is 1. The summed E-state index contributed by atoms with van der Waals surface area (Å²) in [5.74, 6) is -0.0522. The fraction of sp³-hybridized carbons (Fsp3) is 0.0811. The molecule has 7 aromatic rings. The first kappa shape index (κ1) is 27.8. The Morgan fingerprint density at radius 3 is 1.93 bits per heavy atom. The lowest BCUT2D eigenvalue weighted by Crippen LogP contribution is -2.38. The van der Waals surface area contributed by atoms with E-state index in [0.29, 0.717) is 11.4 Å². The zero-order valence-electron chi connectivity index (χ0n) is 24.6. The summed E-state index contributed by atoms with van der Waals surface area (Å²) in [5.41, 5.74) is 5.77. The van der Waals surface area contributed by atoms with E-state index in [1.807, 2.05) is 97.2 Å². The number of anilines is 1. The number of fused-ring (bicyclic) bond motifs is 1. The summed E-state index contributed by atoms with van der Waals surface area (Å²) < 4.78 is 8.96. The Morgan fingerprint density at radius 2 is 1.38 bits per heavy atom. The van der Waals surface area contributed by atoms with E-state index in [2.05, 4.69) is 51.8 Å². The van der Waals surface area contributed by atoms with Crippen molar-refractivity contribution in [1.29, 1.82) is 0 Å². The highest BCUT2D eigenvalue weighted by molar-refractivity contribution is 5.95. The topological polar surface area (TPSA) is 86.3 Å². The zero-order chi connectivity index (χ0) is 30.6. The normalized spacial score (nSPS) is 11.4. The lowest BCUT2D eigenvalue weighted by molar-refractivity contribution is 0.0527. The molecule has 0 radical (unpaired) electrons. The van der Waals surface area contributed by atoms with Gasteiger partial charge in [0.05, 0.1) is 18.0 Å². The minimum absolute atomic E-state index is 0.243. The van der Waals surface area contributed by atoms with Crippen molar-refractivity contribution in [3.05, 3.63) is 168 Å². The Labute approximate surface area is 260 Å². The van der Waals surface area contributed by atoms with Gasteiger partial charge in [-0.25, -0.2) is 19.0 Å². The molecule has 0 aliphatic rings. The molecule has 7 rings (SSSR count). The summed E-state index contributed by atoms with van der Waals surface area (Å²) in [6, 6.07) is 42.3. The van der Waals surface area contributed by atoms with E-state index in [-0.39, 0.29) is 6.61 Å². The number of carbonyl (C=O) groups is 1. The first-order valence-corrected chi connectivity index (χ1v) is 14.8. The number of nitrogens with one attached hydrogen (secondary N) is 1. The molecule has 0 fully saturated rings. The second-order valence-electron chi connectivity index (χ2n) is 10.5. The molecule has 0 saturated carbocycles. The van der Waals surface area contributed by atoms with Crippen LogP contribution in [0.15, 0.2) is 146 Å². The predicted molar refractivity (Wildman–Crippen MR) is 174 cm³/mol. The number of nitrogens with zero attached hydrogens (tertiary/aromatic N) is 5. The third-order valence-electron chi connectivity index (χ3n) is 7.80. The van der Waals surface area contributed by atoms with Crippen LogP contribution in [0.2, 0.25) is 0 Å². The number of carbonyl (C=O) groups excluding carboxylic acids is 1. The number of benzene rings is 4. The number of aromatic nitrogens is 5. The van der Waals surface area contributed by atoms with Crippen LogP contribution in [-0.4, -0.2) is 37.0 Å². The van der Waals surface area contributed by atoms with Crippen LogP contribution in [0.3, 0.4) is 0 Å². The molecule has 8 nitrogen and oxygen atoms in total. The van der Waals surface area contributed by atoms with E-state index < -0.39 is 11.5 Å². The lowest BCUT2D eigenvalue weighted by atomic mass is 9.77. The fourth-order valence-electron chi connectivity index (χ4n) is 5.67. The second-order valence-corrected chi connectivity index (χ2v) is 10.5. The molecule has 4 aromatic carbocycles. The van der Waals surface area contributed by atoms with Gasteiger partial charge in [0.25, 0.3) is 0 Å². The summed E-state index contributed by atoms with van der Waals surface area (Å²) in [7, 11) is 0. The minimum atomic E-state index is -0.870. The molecule has 0 atom stereocenters. The molecular weight excluding hydrogens is 560 g/mol. The molecular formula is C37H30N6O2. The predicted octanol–water partition coefficient (Wildman–Crippen LogP) is 7.16. The van der Waals surface area contributed by atoms with Crippen molar-refractivity contribution >= 4 is 17.4 Å². The van der Waals surface area contributed by atoms with Crippen molar-refractivity contribution in [2.24, 2.45) is 0 Å². The van der Waals surface area contributed by atoms with Crippen molar-refractivity contribution in [3.8, 4) is 16.9 Å². The fourth-order valence-corrected chi connectivity index (χ4v) is 5.67. The molecule has 0 aliphatic heterocycles. The van der Waals surface area contributed by atoms with Gasteiger partial charge in [0.2, 0.25) is 0 Å². The lowest BCUT2D eigenvalue weighted by Gasteiger charge is -2.37. The van der Waals surface area contributed by atoms with Crippen LogP contribution in [0.25, 0.3) is 22.6 Å². The van der Waals surface area contributed by atoms with Gasteiger partial charge in [-0.1, -0.05) is 103 Å². The van der Waals surface area contributed by atoms with Gasteiger partial charge >= 0.3 is 5.97 Å². The van der Waals surface area contributed by atoms with Crippen molar-refractivity contribution in [2.75, 3.05) is 11.9 Å². The molecule has 0 saturated heterocycles. The number of esters is 1. The van der Waals surface area contributed by atoms with Crippen LogP contribution in [0.1, 0.15) is 34.0 Å². The molecule has 3 heterocycles. The number of hydrogen-bond donors (Lipinski definition) is 1. The third kappa shape index (κ3) is 5.23. The summed E-state index contributed by atoms with van der Waals surface area (Å²) in [5, 5.41) is 13.3. The summed E-state index contributed by atoms with van der Waals surface area (Å²) in [6.45, 7) is 2.04. The maximum atomic E-state index is 13.4. The van der Waals surface area contributed by atoms with Gasteiger partial charge < -0.3 is 10.1 Å². The van der Waals surface area contributed by atoms with Crippen LogP contribution in [-0.2, 0) is 10.3 Å². The average molecular weight is 591 g/mol. The molecule has 1 N–H and O–H groups in total. The Kier molecular flexibility index (Phi) is 7.37. The van der Waals surface area contributed by atoms with Gasteiger partial charge in [-0.05, 0) is 41.8 Å². The highest BCUT2D eigenvalue weighted by Crippen LogP contribution is 2.40.